The molecule has 0 aliphatic carbocycles. The largest absolute Gasteiger partial charge is 0.383 e. The number of hydrogen-bond donors (Lipinski definition) is 4. The van der Waals surface area contributed by atoms with E-state index >= 15 is 0 Å². The Labute approximate surface area is 164 Å². The highest BCUT2D eigenvalue weighted by molar-refractivity contribution is 6.01. The maximum absolute atomic E-state index is 11.6. The fraction of sp³-hybridized carbons (Fsp3) is 0.300. The first-order chi connectivity index (χ1) is 13.5. The Balaban J connectivity index is 1.93. The summed E-state index contributed by atoms with van der Waals surface area (Å²) in [7, 11) is 5.47. The Morgan fingerprint density at radius 2 is 1.96 bits per heavy atom. The molecule has 2 heterocycles. The van der Waals surface area contributed by atoms with Crippen LogP contribution in [0.4, 0.5) is 23.3 Å². The number of nitrogens with two attached hydrogens (primary N) is 1. The van der Waals surface area contributed by atoms with E-state index in [9.17, 15) is 4.79 Å². The summed E-state index contributed by atoms with van der Waals surface area (Å²) in [5.41, 5.74) is 10.3. The quantitative estimate of drug-likeness (QED) is 0.445. The number of benzene rings is 1. The highest BCUT2D eigenvalue weighted by Gasteiger charge is 2.19. The van der Waals surface area contributed by atoms with E-state index in [0.717, 1.165) is 35.2 Å². The van der Waals surface area contributed by atoms with Crippen molar-refractivity contribution in [2.45, 2.75) is 19.8 Å². The van der Waals surface area contributed by atoms with Gasteiger partial charge in [0.15, 0.2) is 17.4 Å². The van der Waals surface area contributed by atoms with Crippen LogP contribution in [-0.4, -0.2) is 41.5 Å². The van der Waals surface area contributed by atoms with Crippen LogP contribution in [0.25, 0.3) is 11.0 Å². The lowest BCUT2D eigenvalue weighted by molar-refractivity contribution is 0.101. The molecule has 0 amide bonds. The Hall–Kier alpha value is -3.29. The molecule has 0 unspecified atom stereocenters. The van der Waals surface area contributed by atoms with E-state index in [4.69, 9.17) is 5.73 Å². The third kappa shape index (κ3) is 3.58. The minimum atomic E-state index is 0.0742. The molecule has 2 aromatic heterocycles. The average Bonchev–Trinajstić information content (AvgIpc) is 3.07. The Bertz CT molecular complexity index is 1010. The molecule has 0 atom stereocenters. The molecular weight excluding hydrogens is 354 g/mol. The van der Waals surface area contributed by atoms with Gasteiger partial charge in [-0.2, -0.15) is 0 Å². The number of rotatable bonds is 8. The maximum atomic E-state index is 11.6. The number of carbonyl (C=O) groups is 1. The molecule has 0 spiro atoms. The first-order valence-corrected chi connectivity index (χ1v) is 9.18. The summed E-state index contributed by atoms with van der Waals surface area (Å²) in [6, 6.07) is 7.74. The van der Waals surface area contributed by atoms with E-state index in [1.54, 1.807) is 14.0 Å². The van der Waals surface area contributed by atoms with E-state index in [-0.39, 0.29) is 5.78 Å². The smallest absolute Gasteiger partial charge is 0.204 e. The maximum Gasteiger partial charge on any atom is 0.204 e. The van der Waals surface area contributed by atoms with Gasteiger partial charge in [-0.25, -0.2) is 9.97 Å². The van der Waals surface area contributed by atoms with Crippen molar-refractivity contribution < 1.29 is 4.79 Å². The average molecular weight is 380 g/mol. The number of pyridine rings is 1. The number of nitrogen functional groups attached to an aromatic ring is 1. The molecule has 0 aliphatic heterocycles. The molecule has 0 aliphatic rings. The van der Waals surface area contributed by atoms with Crippen molar-refractivity contribution in [1.82, 2.24) is 14.5 Å². The Morgan fingerprint density at radius 1 is 1.18 bits per heavy atom. The third-order valence-electron chi connectivity index (χ3n) is 4.65. The van der Waals surface area contributed by atoms with Crippen LogP contribution < -0.4 is 21.7 Å². The zero-order valence-electron chi connectivity index (χ0n) is 16.6. The summed E-state index contributed by atoms with van der Waals surface area (Å²) < 4.78 is 1.99. The summed E-state index contributed by atoms with van der Waals surface area (Å²) in [6.45, 7) is 3.65. The molecule has 147 valence electrons. The van der Waals surface area contributed by atoms with Crippen LogP contribution in [0.1, 0.15) is 29.3 Å². The van der Waals surface area contributed by atoms with Gasteiger partial charge in [-0.05, 0) is 31.4 Å². The molecule has 8 heteroatoms. The first-order valence-electron chi connectivity index (χ1n) is 9.18. The topological polar surface area (TPSA) is 110 Å². The van der Waals surface area contributed by atoms with Crippen molar-refractivity contribution in [3.05, 3.63) is 41.9 Å². The third-order valence-corrected chi connectivity index (χ3v) is 4.65. The number of hydrogen-bond acceptors (Lipinski definition) is 7. The number of Topliss-reactive ketones (excluding diaryl/α,β-unsaturated/α-hetero) is 1. The van der Waals surface area contributed by atoms with Gasteiger partial charge in [-0.3, -0.25) is 4.79 Å². The van der Waals surface area contributed by atoms with Crippen LogP contribution in [-0.2, 0) is 6.42 Å². The molecular formula is C20H26N7O. The fourth-order valence-electron chi connectivity index (χ4n) is 3.27. The van der Waals surface area contributed by atoms with E-state index in [2.05, 4.69) is 32.5 Å². The Kier molecular flexibility index (Phi) is 5.67. The molecule has 28 heavy (non-hydrogen) atoms. The SMILES string of the molecule is CNc1nc(N)c2nc(NC)n([CH]CCc3cccc(C(C)=O)c3)c2c1NC. The van der Waals surface area contributed by atoms with Crippen molar-refractivity contribution in [2.75, 3.05) is 42.8 Å². The zero-order chi connectivity index (χ0) is 20.3. The van der Waals surface area contributed by atoms with Gasteiger partial charge < -0.3 is 26.3 Å². The molecule has 0 fully saturated rings. The monoisotopic (exact) mass is 380 g/mol. The van der Waals surface area contributed by atoms with E-state index < -0.39 is 0 Å². The molecule has 3 rings (SSSR count). The van der Waals surface area contributed by atoms with E-state index in [1.807, 2.05) is 42.9 Å². The lowest BCUT2D eigenvalue weighted by Gasteiger charge is -2.14. The summed E-state index contributed by atoms with van der Waals surface area (Å²) in [5.74, 6) is 1.80. The molecule has 0 saturated heterocycles. The van der Waals surface area contributed by atoms with Gasteiger partial charge >= 0.3 is 0 Å². The molecule has 8 nitrogen and oxygen atoms in total. The highest BCUT2D eigenvalue weighted by atomic mass is 16.1. The lowest BCUT2D eigenvalue weighted by Crippen LogP contribution is -2.07. The number of fused-ring (bicyclic) bond motifs is 1. The van der Waals surface area contributed by atoms with Crippen LogP contribution >= 0.6 is 0 Å². The van der Waals surface area contributed by atoms with Crippen molar-refractivity contribution in [3.8, 4) is 0 Å². The predicted molar refractivity (Wildman–Crippen MR) is 115 cm³/mol. The van der Waals surface area contributed by atoms with Gasteiger partial charge in [0.2, 0.25) is 5.95 Å². The molecule has 1 aromatic carbocycles. The fourth-order valence-corrected chi connectivity index (χ4v) is 3.27. The van der Waals surface area contributed by atoms with Crippen molar-refractivity contribution in [2.24, 2.45) is 0 Å². The first kappa shape index (κ1) is 19.5. The molecule has 0 bridgehead atoms. The predicted octanol–water partition coefficient (Wildman–Crippen LogP) is 2.98. The van der Waals surface area contributed by atoms with Crippen LogP contribution in [0.15, 0.2) is 24.3 Å². The molecule has 1 radical (unpaired) electrons. The van der Waals surface area contributed by atoms with Gasteiger partial charge in [-0.1, -0.05) is 18.2 Å². The summed E-state index contributed by atoms with van der Waals surface area (Å²) >= 11 is 0. The molecule has 5 N–H and O–H groups in total. The van der Waals surface area contributed by atoms with Gasteiger partial charge in [0.1, 0.15) is 16.7 Å². The highest BCUT2D eigenvalue weighted by Crippen LogP contribution is 2.35. The number of aromatic nitrogens is 3. The number of ketones is 1. The molecule has 0 saturated carbocycles. The van der Waals surface area contributed by atoms with E-state index in [0.29, 0.717) is 23.1 Å². The van der Waals surface area contributed by atoms with Gasteiger partial charge in [0.25, 0.3) is 0 Å². The number of anilines is 4. The lowest BCUT2D eigenvalue weighted by atomic mass is 10.0. The van der Waals surface area contributed by atoms with Crippen molar-refractivity contribution in [3.63, 3.8) is 0 Å². The van der Waals surface area contributed by atoms with Crippen LogP contribution in [0.3, 0.4) is 0 Å². The van der Waals surface area contributed by atoms with Crippen molar-refractivity contribution >= 4 is 40.1 Å². The standard InChI is InChI=1S/C20H26N7O/c1-12(28)14-9-5-7-13(11-14)8-6-10-27-17-15(25-20(27)24-4)18(21)26-19(23-3)16(17)22-2/h5,7,9-11,22H,6,8H2,1-4H3,(H,24,25)(H3,21,23,26). The van der Waals surface area contributed by atoms with Crippen LogP contribution in [0, 0.1) is 6.54 Å². The zero-order valence-corrected chi connectivity index (χ0v) is 16.6. The number of nitrogens with zero attached hydrogens (tertiary/aromatic N) is 3. The van der Waals surface area contributed by atoms with Crippen LogP contribution in [0.2, 0.25) is 0 Å². The number of nitrogens with one attached hydrogen (secondary N) is 3. The molecule has 3 aromatic rings. The summed E-state index contributed by atoms with van der Waals surface area (Å²) in [6.07, 6.45) is 1.57. The number of carbonyl (C=O) groups excluding carboxylic acids is 1. The number of aryl methyl sites for hydroxylation is 1. The minimum Gasteiger partial charge on any atom is -0.383 e. The Morgan fingerprint density at radius 3 is 2.61 bits per heavy atom. The van der Waals surface area contributed by atoms with Crippen molar-refractivity contribution in [1.29, 1.82) is 0 Å². The summed E-state index contributed by atoms with van der Waals surface area (Å²) in [5, 5.41) is 9.39. The normalized spacial score (nSPS) is 10.9. The van der Waals surface area contributed by atoms with Gasteiger partial charge in [0.05, 0.1) is 6.54 Å². The van der Waals surface area contributed by atoms with Gasteiger partial charge in [-0.15, -0.1) is 0 Å². The second-order valence-corrected chi connectivity index (χ2v) is 6.45. The van der Waals surface area contributed by atoms with Gasteiger partial charge in [0, 0.05) is 26.7 Å². The van der Waals surface area contributed by atoms with E-state index in [1.165, 1.54) is 0 Å². The number of imidazole rings is 1. The second-order valence-electron chi connectivity index (χ2n) is 6.45. The summed E-state index contributed by atoms with van der Waals surface area (Å²) in [4.78, 5) is 20.6. The van der Waals surface area contributed by atoms with Crippen LogP contribution in [0.5, 0.6) is 0 Å². The second kappa shape index (κ2) is 8.16. The minimum absolute atomic E-state index is 0.0742.